The number of ether oxygens (including phenoxy) is 1. The van der Waals surface area contributed by atoms with Crippen LogP contribution < -0.4 is 4.74 Å². The number of rotatable bonds is 3. The van der Waals surface area contributed by atoms with Gasteiger partial charge in [0.25, 0.3) is 11.8 Å². The molecule has 0 spiro atoms. The van der Waals surface area contributed by atoms with Crippen LogP contribution in [0.3, 0.4) is 0 Å². The van der Waals surface area contributed by atoms with E-state index >= 15 is 0 Å². The third-order valence-corrected chi connectivity index (χ3v) is 4.55. The van der Waals surface area contributed by atoms with Gasteiger partial charge >= 0.3 is 12.4 Å². The lowest BCUT2D eigenvalue weighted by Crippen LogP contribution is -2.44. The van der Waals surface area contributed by atoms with Crippen molar-refractivity contribution in [3.8, 4) is 11.9 Å². The van der Waals surface area contributed by atoms with Gasteiger partial charge in [0.15, 0.2) is 0 Å². The van der Waals surface area contributed by atoms with Crippen molar-refractivity contribution in [2.45, 2.75) is 31.3 Å². The highest BCUT2D eigenvalue weighted by atomic mass is 19.4. The molecule has 1 amide bonds. The molecule has 3 rings (SSSR count). The van der Waals surface area contributed by atoms with Crippen molar-refractivity contribution in [3.63, 3.8) is 0 Å². The van der Waals surface area contributed by atoms with Crippen molar-refractivity contribution in [2.24, 2.45) is 0 Å². The summed E-state index contributed by atoms with van der Waals surface area (Å²) in [6.45, 7) is 0.0275. The maximum Gasteiger partial charge on any atom is 0.416 e. The topological polar surface area (TPSA) is 79.1 Å². The highest BCUT2D eigenvalue weighted by molar-refractivity contribution is 5.94. The van der Waals surface area contributed by atoms with E-state index in [9.17, 15) is 31.1 Å². The van der Waals surface area contributed by atoms with E-state index in [1.54, 1.807) is 6.07 Å². The molecule has 0 aliphatic carbocycles. The zero-order valence-corrected chi connectivity index (χ0v) is 15.7. The molecule has 2 aromatic rings. The minimum absolute atomic E-state index is 0.0314. The monoisotopic (exact) mass is 444 g/mol. The Balaban J connectivity index is 1.84. The number of nitriles is 1. The molecular weight excluding hydrogens is 430 g/mol. The fraction of sp³-hybridized carbons (Fsp3) is 0.368. The molecule has 1 unspecified atom stereocenters. The Bertz CT molecular complexity index is 983. The van der Waals surface area contributed by atoms with Crippen molar-refractivity contribution in [2.75, 3.05) is 13.1 Å². The molecule has 1 fully saturated rings. The van der Waals surface area contributed by atoms with E-state index in [1.807, 2.05) is 0 Å². The maximum absolute atomic E-state index is 13.1. The van der Waals surface area contributed by atoms with Gasteiger partial charge in [-0.3, -0.25) is 4.79 Å². The third-order valence-electron chi connectivity index (χ3n) is 4.55. The highest BCUT2D eigenvalue weighted by Crippen LogP contribution is 2.36. The first-order chi connectivity index (χ1) is 14.5. The van der Waals surface area contributed by atoms with Gasteiger partial charge in [0.1, 0.15) is 12.2 Å². The Morgan fingerprint density at radius 1 is 1.06 bits per heavy atom. The second-order valence-corrected chi connectivity index (χ2v) is 6.75. The molecule has 164 valence electrons. The van der Waals surface area contributed by atoms with Gasteiger partial charge < -0.3 is 9.64 Å². The first kappa shape index (κ1) is 22.3. The van der Waals surface area contributed by atoms with Gasteiger partial charge in [-0.1, -0.05) is 0 Å². The van der Waals surface area contributed by atoms with Crippen molar-refractivity contribution < 1.29 is 35.9 Å². The van der Waals surface area contributed by atoms with Crippen LogP contribution in [-0.2, 0) is 12.4 Å². The van der Waals surface area contributed by atoms with Crippen molar-refractivity contribution in [1.29, 1.82) is 5.26 Å². The molecule has 0 N–H and O–H groups in total. The zero-order chi connectivity index (χ0) is 22.8. The highest BCUT2D eigenvalue weighted by Gasteiger charge is 2.38. The molecule has 1 aromatic carbocycles. The van der Waals surface area contributed by atoms with E-state index < -0.39 is 41.1 Å². The predicted octanol–water partition coefficient (Wildman–Crippen LogP) is 4.07. The smallest absolute Gasteiger partial charge is 0.416 e. The van der Waals surface area contributed by atoms with Crippen LogP contribution in [0.5, 0.6) is 5.88 Å². The Morgan fingerprint density at radius 2 is 1.68 bits per heavy atom. The molecule has 0 bridgehead atoms. The summed E-state index contributed by atoms with van der Waals surface area (Å²) in [5, 5.41) is 9.04. The quantitative estimate of drug-likeness (QED) is 0.667. The summed E-state index contributed by atoms with van der Waals surface area (Å²) in [5.74, 6) is -1.05. The van der Waals surface area contributed by atoms with Crippen LogP contribution in [0.15, 0.2) is 30.6 Å². The molecule has 1 aromatic heterocycles. The van der Waals surface area contributed by atoms with Gasteiger partial charge in [-0.2, -0.15) is 31.6 Å². The molecule has 1 saturated heterocycles. The number of likely N-dealkylation sites (tertiary alicyclic amines) is 1. The molecule has 0 radical (unpaired) electrons. The van der Waals surface area contributed by atoms with Gasteiger partial charge in [0.2, 0.25) is 5.69 Å². The number of piperidine rings is 1. The summed E-state index contributed by atoms with van der Waals surface area (Å²) in [5.41, 5.74) is -3.93. The van der Waals surface area contributed by atoms with Gasteiger partial charge in [0, 0.05) is 24.5 Å². The normalized spacial score (nSPS) is 17.2. The number of carbonyl (C=O) groups is 1. The second-order valence-electron chi connectivity index (χ2n) is 6.75. The molecule has 12 heteroatoms. The van der Waals surface area contributed by atoms with Gasteiger partial charge in [-0.15, -0.1) is 0 Å². The molecule has 1 atom stereocenters. The molecule has 31 heavy (non-hydrogen) atoms. The molecule has 1 aliphatic heterocycles. The van der Waals surface area contributed by atoms with E-state index in [2.05, 4.69) is 9.97 Å². The summed E-state index contributed by atoms with van der Waals surface area (Å²) in [6, 6.07) is 2.56. The van der Waals surface area contributed by atoms with E-state index in [-0.39, 0.29) is 30.7 Å². The molecule has 6 nitrogen and oxygen atoms in total. The van der Waals surface area contributed by atoms with Crippen LogP contribution in [0, 0.1) is 11.3 Å². The SMILES string of the molecule is N#Cc1nccnc1OC1CCCN(C(=O)c2cc(C(F)(F)F)cc(C(F)(F)F)c2)C1. The fourth-order valence-corrected chi connectivity index (χ4v) is 3.13. The number of amides is 1. The molecule has 1 aliphatic rings. The number of alkyl halides is 6. The van der Waals surface area contributed by atoms with Crippen molar-refractivity contribution in [1.82, 2.24) is 14.9 Å². The summed E-state index contributed by atoms with van der Waals surface area (Å²) in [6.07, 6.45) is -7.34. The van der Waals surface area contributed by atoms with Crippen LogP contribution in [0.4, 0.5) is 26.3 Å². The van der Waals surface area contributed by atoms with Crippen molar-refractivity contribution >= 4 is 5.91 Å². The molecular formula is C19H14F6N4O2. The predicted molar refractivity (Wildman–Crippen MR) is 92.7 cm³/mol. The van der Waals surface area contributed by atoms with Crippen LogP contribution in [-0.4, -0.2) is 40.0 Å². The van der Waals surface area contributed by atoms with Gasteiger partial charge in [-0.25, -0.2) is 9.97 Å². The van der Waals surface area contributed by atoms with Gasteiger partial charge in [0.05, 0.1) is 17.7 Å². The van der Waals surface area contributed by atoms with Crippen LogP contribution >= 0.6 is 0 Å². The van der Waals surface area contributed by atoms with Crippen LogP contribution in [0.25, 0.3) is 0 Å². The summed E-state index contributed by atoms with van der Waals surface area (Å²) >= 11 is 0. The number of carbonyl (C=O) groups excluding carboxylic acids is 1. The lowest BCUT2D eigenvalue weighted by Gasteiger charge is -2.33. The number of aromatic nitrogens is 2. The standard InChI is InChI=1S/C19H14F6N4O2/c20-18(21,22)12-6-11(7-13(8-12)19(23,24)25)17(30)29-5-1-2-14(10-29)31-16-15(9-26)27-3-4-28-16/h3-4,6-8,14H,1-2,5,10H2. The fourth-order valence-electron chi connectivity index (χ4n) is 3.13. The Labute approximate surface area is 172 Å². The third kappa shape index (κ3) is 5.22. The second kappa shape index (κ2) is 8.41. The first-order valence-electron chi connectivity index (χ1n) is 8.95. The average molecular weight is 444 g/mol. The Kier molecular flexibility index (Phi) is 6.06. The van der Waals surface area contributed by atoms with E-state index in [0.717, 1.165) is 4.90 Å². The zero-order valence-electron chi connectivity index (χ0n) is 15.7. The average Bonchev–Trinajstić information content (AvgIpc) is 2.72. The van der Waals surface area contributed by atoms with E-state index in [4.69, 9.17) is 10.00 Å². The molecule has 2 heterocycles. The summed E-state index contributed by atoms with van der Waals surface area (Å²) in [4.78, 5) is 21.5. The van der Waals surface area contributed by atoms with Crippen molar-refractivity contribution in [3.05, 3.63) is 53.0 Å². The number of nitrogens with zero attached hydrogens (tertiary/aromatic N) is 4. The number of halogens is 6. The largest absolute Gasteiger partial charge is 0.470 e. The Morgan fingerprint density at radius 3 is 2.26 bits per heavy atom. The van der Waals surface area contributed by atoms with Crippen LogP contribution in [0.1, 0.15) is 40.0 Å². The first-order valence-corrected chi connectivity index (χ1v) is 8.95. The molecule has 0 saturated carbocycles. The lowest BCUT2D eigenvalue weighted by molar-refractivity contribution is -0.143. The maximum atomic E-state index is 13.1. The minimum atomic E-state index is -5.05. The van der Waals surface area contributed by atoms with E-state index in [0.29, 0.717) is 25.0 Å². The number of hydrogen-bond acceptors (Lipinski definition) is 5. The minimum Gasteiger partial charge on any atom is -0.470 e. The van der Waals surface area contributed by atoms with Crippen LogP contribution in [0.2, 0.25) is 0 Å². The summed E-state index contributed by atoms with van der Waals surface area (Å²) in [7, 11) is 0. The number of hydrogen-bond donors (Lipinski definition) is 0. The van der Waals surface area contributed by atoms with Gasteiger partial charge in [-0.05, 0) is 31.0 Å². The lowest BCUT2D eigenvalue weighted by atomic mass is 10.0. The van der Waals surface area contributed by atoms with E-state index in [1.165, 1.54) is 12.4 Å². The summed E-state index contributed by atoms with van der Waals surface area (Å²) < 4.78 is 84.0. The Hall–Kier alpha value is -3.36. The number of benzene rings is 1.